The predicted octanol–water partition coefficient (Wildman–Crippen LogP) is 3.19. The number of nitrogens with zero attached hydrogens (tertiary/aromatic N) is 1. The second kappa shape index (κ2) is 4.03. The van der Waals surface area contributed by atoms with Crippen LogP contribution in [0.25, 0.3) is 22.0 Å². The highest BCUT2D eigenvalue weighted by Crippen LogP contribution is 2.29. The normalized spacial score (nSPS) is 11.0. The van der Waals surface area contributed by atoms with Crippen LogP contribution in [0.5, 0.6) is 0 Å². The van der Waals surface area contributed by atoms with E-state index in [2.05, 4.69) is 4.98 Å². The maximum absolute atomic E-state index is 11.5. The summed E-state index contributed by atoms with van der Waals surface area (Å²) in [5.41, 5.74) is 2.79. The topological polar surface area (TPSA) is 37.8 Å². The third-order valence-electron chi connectivity index (χ3n) is 3.02. The van der Waals surface area contributed by atoms with E-state index in [1.807, 2.05) is 42.1 Å². The Morgan fingerprint density at radius 2 is 2.00 bits per heavy atom. The SMILES string of the molecule is Cn1cc(-c2cc(Cl)[nH]c(=O)c2)c2ccccc21. The molecule has 18 heavy (non-hydrogen) atoms. The quantitative estimate of drug-likeness (QED) is 0.669. The van der Waals surface area contributed by atoms with Crippen molar-refractivity contribution in [3.63, 3.8) is 0 Å². The molecule has 0 amide bonds. The lowest BCUT2D eigenvalue weighted by Gasteiger charge is -1.99. The Bertz CT molecular complexity index is 786. The summed E-state index contributed by atoms with van der Waals surface area (Å²) in [6, 6.07) is 11.4. The molecule has 3 nitrogen and oxygen atoms in total. The molecule has 4 heteroatoms. The Morgan fingerprint density at radius 1 is 1.22 bits per heavy atom. The van der Waals surface area contributed by atoms with Crippen molar-refractivity contribution in [3.05, 3.63) is 58.1 Å². The highest BCUT2D eigenvalue weighted by molar-refractivity contribution is 6.29. The van der Waals surface area contributed by atoms with Crippen LogP contribution in [0.15, 0.2) is 47.4 Å². The van der Waals surface area contributed by atoms with Crippen LogP contribution in [0.3, 0.4) is 0 Å². The van der Waals surface area contributed by atoms with Crippen molar-refractivity contribution in [1.29, 1.82) is 0 Å². The fraction of sp³-hybridized carbons (Fsp3) is 0.0714. The zero-order valence-electron chi connectivity index (χ0n) is 9.77. The lowest BCUT2D eigenvalue weighted by atomic mass is 10.1. The van der Waals surface area contributed by atoms with Gasteiger partial charge < -0.3 is 9.55 Å². The van der Waals surface area contributed by atoms with Crippen LogP contribution in [0.2, 0.25) is 5.15 Å². The number of aryl methyl sites for hydroxylation is 1. The van der Waals surface area contributed by atoms with Crippen LogP contribution >= 0.6 is 11.6 Å². The molecule has 0 aliphatic carbocycles. The van der Waals surface area contributed by atoms with Crippen LogP contribution in [-0.2, 0) is 7.05 Å². The fourth-order valence-corrected chi connectivity index (χ4v) is 2.45. The maximum Gasteiger partial charge on any atom is 0.249 e. The monoisotopic (exact) mass is 258 g/mol. The molecular weight excluding hydrogens is 248 g/mol. The van der Waals surface area contributed by atoms with Gasteiger partial charge in [0.05, 0.1) is 0 Å². The third-order valence-corrected chi connectivity index (χ3v) is 3.22. The number of fused-ring (bicyclic) bond motifs is 1. The van der Waals surface area contributed by atoms with Gasteiger partial charge in [0.1, 0.15) is 5.15 Å². The number of aromatic amines is 1. The summed E-state index contributed by atoms with van der Waals surface area (Å²) in [5, 5.41) is 1.46. The number of hydrogen-bond acceptors (Lipinski definition) is 1. The average molecular weight is 259 g/mol. The zero-order chi connectivity index (χ0) is 12.7. The number of hydrogen-bond donors (Lipinski definition) is 1. The van der Waals surface area contributed by atoms with Crippen LogP contribution in [0, 0.1) is 0 Å². The van der Waals surface area contributed by atoms with E-state index in [1.165, 1.54) is 0 Å². The molecule has 0 aliphatic rings. The van der Waals surface area contributed by atoms with Crippen molar-refractivity contribution in [1.82, 2.24) is 9.55 Å². The van der Waals surface area contributed by atoms with Gasteiger partial charge in [-0.25, -0.2) is 0 Å². The van der Waals surface area contributed by atoms with E-state index in [4.69, 9.17) is 11.6 Å². The zero-order valence-corrected chi connectivity index (χ0v) is 10.5. The molecule has 1 aromatic carbocycles. The number of aromatic nitrogens is 2. The summed E-state index contributed by atoms with van der Waals surface area (Å²) < 4.78 is 2.04. The second-order valence-corrected chi connectivity index (χ2v) is 4.66. The van der Waals surface area contributed by atoms with E-state index in [9.17, 15) is 4.79 Å². The molecule has 3 rings (SSSR count). The first-order valence-corrected chi connectivity index (χ1v) is 5.97. The molecular formula is C14H11ClN2O. The molecule has 2 aromatic heterocycles. The summed E-state index contributed by atoms with van der Waals surface area (Å²) in [4.78, 5) is 14.0. The van der Waals surface area contributed by atoms with E-state index in [1.54, 1.807) is 12.1 Å². The Morgan fingerprint density at radius 3 is 2.78 bits per heavy atom. The van der Waals surface area contributed by atoms with E-state index in [-0.39, 0.29) is 5.56 Å². The minimum absolute atomic E-state index is 0.189. The van der Waals surface area contributed by atoms with Crippen LogP contribution in [0.4, 0.5) is 0 Å². The van der Waals surface area contributed by atoms with E-state index in [0.717, 1.165) is 22.0 Å². The summed E-state index contributed by atoms with van der Waals surface area (Å²) >= 11 is 5.90. The van der Waals surface area contributed by atoms with Crippen molar-refractivity contribution in [2.24, 2.45) is 7.05 Å². The van der Waals surface area contributed by atoms with Crippen molar-refractivity contribution in [2.45, 2.75) is 0 Å². The summed E-state index contributed by atoms with van der Waals surface area (Å²) in [5.74, 6) is 0. The molecule has 0 fully saturated rings. The Balaban J connectivity index is 2.35. The van der Waals surface area contributed by atoms with Crippen molar-refractivity contribution in [3.8, 4) is 11.1 Å². The summed E-state index contributed by atoms with van der Waals surface area (Å²) in [6.07, 6.45) is 2.01. The maximum atomic E-state index is 11.5. The van der Waals surface area contributed by atoms with Crippen molar-refractivity contribution < 1.29 is 0 Å². The Labute approximate surface area is 109 Å². The number of benzene rings is 1. The van der Waals surface area contributed by atoms with Crippen LogP contribution < -0.4 is 5.56 Å². The minimum atomic E-state index is -0.189. The third kappa shape index (κ3) is 1.73. The molecule has 0 radical (unpaired) electrons. The van der Waals surface area contributed by atoms with Gasteiger partial charge in [-0.3, -0.25) is 4.79 Å². The van der Waals surface area contributed by atoms with E-state index in [0.29, 0.717) is 5.15 Å². The highest BCUT2D eigenvalue weighted by atomic mass is 35.5. The average Bonchev–Trinajstić information content (AvgIpc) is 2.66. The van der Waals surface area contributed by atoms with Gasteiger partial charge in [0.2, 0.25) is 5.56 Å². The van der Waals surface area contributed by atoms with Gasteiger partial charge in [-0.05, 0) is 17.7 Å². The van der Waals surface area contributed by atoms with Crippen LogP contribution in [-0.4, -0.2) is 9.55 Å². The predicted molar refractivity (Wildman–Crippen MR) is 74.0 cm³/mol. The summed E-state index contributed by atoms with van der Waals surface area (Å²) in [7, 11) is 1.99. The molecule has 0 saturated heterocycles. The molecule has 0 saturated carbocycles. The molecule has 90 valence electrons. The molecule has 0 aliphatic heterocycles. The largest absolute Gasteiger partial charge is 0.350 e. The first kappa shape index (κ1) is 11.1. The van der Waals surface area contributed by atoms with Gasteiger partial charge in [0, 0.05) is 35.8 Å². The molecule has 0 unspecified atom stereocenters. The van der Waals surface area contributed by atoms with E-state index >= 15 is 0 Å². The molecule has 3 aromatic rings. The molecule has 2 heterocycles. The first-order chi connectivity index (χ1) is 8.65. The second-order valence-electron chi connectivity index (χ2n) is 4.25. The van der Waals surface area contributed by atoms with Gasteiger partial charge >= 0.3 is 0 Å². The molecule has 0 bridgehead atoms. The molecule has 0 spiro atoms. The Kier molecular flexibility index (Phi) is 2.49. The number of rotatable bonds is 1. The van der Waals surface area contributed by atoms with Crippen LogP contribution in [0.1, 0.15) is 0 Å². The number of H-pyrrole nitrogens is 1. The minimum Gasteiger partial charge on any atom is -0.350 e. The van der Waals surface area contributed by atoms with Gasteiger partial charge in [0.25, 0.3) is 0 Å². The van der Waals surface area contributed by atoms with Gasteiger partial charge in [-0.2, -0.15) is 0 Å². The van der Waals surface area contributed by atoms with E-state index < -0.39 is 0 Å². The molecule has 0 atom stereocenters. The molecule has 1 N–H and O–H groups in total. The number of para-hydroxylation sites is 1. The van der Waals surface area contributed by atoms with Gasteiger partial charge in [0.15, 0.2) is 0 Å². The highest BCUT2D eigenvalue weighted by Gasteiger charge is 2.09. The first-order valence-electron chi connectivity index (χ1n) is 5.59. The number of halogens is 1. The van der Waals surface area contributed by atoms with Crippen molar-refractivity contribution >= 4 is 22.5 Å². The standard InChI is InChI=1S/C14H11ClN2O/c1-17-8-11(10-4-2-3-5-12(10)17)9-6-13(15)16-14(18)7-9/h2-8H,1H3,(H,16,18). The summed E-state index contributed by atoms with van der Waals surface area (Å²) in [6.45, 7) is 0. The Hall–Kier alpha value is -2.00. The van der Waals surface area contributed by atoms with Crippen molar-refractivity contribution in [2.75, 3.05) is 0 Å². The fourth-order valence-electron chi connectivity index (χ4n) is 2.24. The number of nitrogens with one attached hydrogen (secondary N) is 1. The smallest absolute Gasteiger partial charge is 0.249 e. The van der Waals surface area contributed by atoms with Gasteiger partial charge in [-0.1, -0.05) is 29.8 Å². The number of pyridine rings is 1. The van der Waals surface area contributed by atoms with Gasteiger partial charge in [-0.15, -0.1) is 0 Å². The lowest BCUT2D eigenvalue weighted by molar-refractivity contribution is 0.970. The lowest BCUT2D eigenvalue weighted by Crippen LogP contribution is -2.03.